The number of allylic oxidation sites excluding steroid dienone is 1. The molecule has 0 aromatic rings. The van der Waals surface area contributed by atoms with Crippen LogP contribution in [0.3, 0.4) is 0 Å². The van der Waals surface area contributed by atoms with Gasteiger partial charge in [-0.25, -0.2) is 4.79 Å². The van der Waals surface area contributed by atoms with Crippen molar-refractivity contribution in [2.45, 2.75) is 6.42 Å². The first-order valence-corrected chi connectivity index (χ1v) is 4.38. The van der Waals surface area contributed by atoms with Crippen molar-refractivity contribution < 1.29 is 23.9 Å². The van der Waals surface area contributed by atoms with Gasteiger partial charge in [0, 0.05) is 5.92 Å². The highest BCUT2D eigenvalue weighted by molar-refractivity contribution is 6.41. The molecule has 1 saturated carbocycles. The highest BCUT2D eigenvalue weighted by Gasteiger charge is 2.67. The Bertz CT molecular complexity index is 333. The monoisotopic (exact) mass is 212 g/mol. The number of Topliss-reactive ketones (excluding diaryl/α,β-unsaturated/α-hetero) is 1. The quantitative estimate of drug-likeness (QED) is 0.286. The van der Waals surface area contributed by atoms with Gasteiger partial charge in [0.1, 0.15) is 5.41 Å². The molecule has 1 rings (SSSR count). The summed E-state index contributed by atoms with van der Waals surface area (Å²) in [6.07, 6.45) is 1.73. The van der Waals surface area contributed by atoms with Gasteiger partial charge in [-0.05, 0) is 6.42 Å². The molecule has 1 aliphatic rings. The van der Waals surface area contributed by atoms with E-state index in [2.05, 4.69) is 16.1 Å². The van der Waals surface area contributed by atoms with Crippen molar-refractivity contribution in [2.24, 2.45) is 11.3 Å². The molecule has 0 heterocycles. The molecule has 0 radical (unpaired) electrons. The van der Waals surface area contributed by atoms with Crippen molar-refractivity contribution in [3.8, 4) is 0 Å². The zero-order chi connectivity index (χ0) is 11.6. The fraction of sp³-hybridized carbons (Fsp3) is 0.500. The third kappa shape index (κ3) is 1.54. The molecule has 0 aliphatic heterocycles. The van der Waals surface area contributed by atoms with E-state index in [1.807, 2.05) is 0 Å². The molecule has 0 amide bonds. The summed E-state index contributed by atoms with van der Waals surface area (Å²) in [5, 5.41) is 0. The summed E-state index contributed by atoms with van der Waals surface area (Å²) in [7, 11) is 2.27. The normalized spacial score (nSPS) is 27.7. The number of rotatable bonds is 4. The third-order valence-corrected chi connectivity index (χ3v) is 2.62. The number of hydrogen-bond acceptors (Lipinski definition) is 5. The molecule has 0 aromatic carbocycles. The number of esters is 2. The minimum absolute atomic E-state index is 0.261. The van der Waals surface area contributed by atoms with Crippen molar-refractivity contribution in [1.82, 2.24) is 0 Å². The summed E-state index contributed by atoms with van der Waals surface area (Å²) >= 11 is 0. The molecule has 5 nitrogen and oxygen atoms in total. The first kappa shape index (κ1) is 11.4. The molecule has 0 aromatic heterocycles. The lowest BCUT2D eigenvalue weighted by molar-refractivity contribution is -0.161. The molecule has 0 N–H and O–H groups in total. The van der Waals surface area contributed by atoms with Crippen LogP contribution in [0.25, 0.3) is 0 Å². The van der Waals surface area contributed by atoms with E-state index in [-0.39, 0.29) is 12.3 Å². The van der Waals surface area contributed by atoms with Gasteiger partial charge in [-0.2, -0.15) is 0 Å². The van der Waals surface area contributed by atoms with Crippen molar-refractivity contribution in [2.75, 3.05) is 14.2 Å². The molecule has 0 saturated heterocycles. The van der Waals surface area contributed by atoms with E-state index in [9.17, 15) is 14.4 Å². The lowest BCUT2D eigenvalue weighted by atomic mass is 9.98. The van der Waals surface area contributed by atoms with E-state index in [0.717, 1.165) is 7.11 Å². The first-order chi connectivity index (χ1) is 7.04. The molecule has 0 spiro atoms. The number of carbonyl (C=O) groups excluding carboxylic acids is 3. The first-order valence-electron chi connectivity index (χ1n) is 4.38. The van der Waals surface area contributed by atoms with Crippen LogP contribution in [0.1, 0.15) is 6.42 Å². The average molecular weight is 212 g/mol. The predicted molar refractivity (Wildman–Crippen MR) is 49.8 cm³/mol. The van der Waals surface area contributed by atoms with Gasteiger partial charge in [0.15, 0.2) is 0 Å². The van der Waals surface area contributed by atoms with Crippen LogP contribution in [-0.4, -0.2) is 31.9 Å². The van der Waals surface area contributed by atoms with Gasteiger partial charge in [0.2, 0.25) is 0 Å². The lowest BCUT2D eigenvalue weighted by Crippen LogP contribution is -2.35. The van der Waals surface area contributed by atoms with Crippen LogP contribution in [-0.2, 0) is 23.9 Å². The van der Waals surface area contributed by atoms with Gasteiger partial charge < -0.3 is 9.47 Å². The fourth-order valence-electron chi connectivity index (χ4n) is 1.62. The van der Waals surface area contributed by atoms with Crippen LogP contribution in [0.4, 0.5) is 0 Å². The molecular weight excluding hydrogens is 200 g/mol. The highest BCUT2D eigenvalue weighted by Crippen LogP contribution is 2.55. The van der Waals surface area contributed by atoms with Gasteiger partial charge >= 0.3 is 11.9 Å². The minimum atomic E-state index is -1.39. The van der Waals surface area contributed by atoms with Gasteiger partial charge in [-0.1, -0.05) is 6.08 Å². The summed E-state index contributed by atoms with van der Waals surface area (Å²) in [4.78, 5) is 34.1. The van der Waals surface area contributed by atoms with Gasteiger partial charge in [0.05, 0.1) is 14.2 Å². The Balaban J connectivity index is 2.95. The molecular formula is C10H12O5. The summed E-state index contributed by atoms with van der Waals surface area (Å²) in [6.45, 7) is 3.49. The van der Waals surface area contributed by atoms with Crippen molar-refractivity contribution in [3.63, 3.8) is 0 Å². The number of hydrogen-bond donors (Lipinski definition) is 0. The van der Waals surface area contributed by atoms with E-state index >= 15 is 0 Å². The molecule has 82 valence electrons. The fourth-order valence-corrected chi connectivity index (χ4v) is 1.62. The molecule has 1 fully saturated rings. The Kier molecular flexibility index (Phi) is 2.93. The Morgan fingerprint density at radius 3 is 2.27 bits per heavy atom. The summed E-state index contributed by atoms with van der Waals surface area (Å²) < 4.78 is 8.81. The summed E-state index contributed by atoms with van der Waals surface area (Å²) in [6, 6.07) is 0. The number of ether oxygens (including phenoxy) is 2. The summed E-state index contributed by atoms with van der Waals surface area (Å²) in [5.74, 6) is -2.93. The Labute approximate surface area is 87.0 Å². The van der Waals surface area contributed by atoms with Crippen LogP contribution >= 0.6 is 0 Å². The second-order valence-corrected chi connectivity index (χ2v) is 3.33. The third-order valence-electron chi connectivity index (χ3n) is 2.62. The average Bonchev–Trinajstić information content (AvgIpc) is 3.01. The van der Waals surface area contributed by atoms with Crippen molar-refractivity contribution >= 4 is 17.7 Å². The molecule has 1 aliphatic carbocycles. The van der Waals surface area contributed by atoms with E-state index in [0.29, 0.717) is 0 Å². The molecule has 0 bridgehead atoms. The zero-order valence-electron chi connectivity index (χ0n) is 8.61. The molecule has 15 heavy (non-hydrogen) atoms. The Morgan fingerprint density at radius 1 is 1.33 bits per heavy atom. The van der Waals surface area contributed by atoms with Gasteiger partial charge in [0.25, 0.3) is 5.78 Å². The van der Waals surface area contributed by atoms with Crippen LogP contribution in [0.2, 0.25) is 0 Å². The molecule has 0 unspecified atom stereocenters. The van der Waals surface area contributed by atoms with E-state index in [1.54, 1.807) is 0 Å². The smallest absolute Gasteiger partial charge is 0.375 e. The maximum absolute atomic E-state index is 11.6. The SMILES string of the molecule is C=C[C@H]1C[C@]1(C(=O)OC)C(=O)C(=O)OC. The van der Waals surface area contributed by atoms with Gasteiger partial charge in [-0.15, -0.1) is 6.58 Å². The van der Waals surface area contributed by atoms with Crippen LogP contribution < -0.4 is 0 Å². The zero-order valence-corrected chi connectivity index (χ0v) is 8.61. The van der Waals surface area contributed by atoms with Crippen molar-refractivity contribution in [1.29, 1.82) is 0 Å². The standard InChI is InChI=1S/C10H12O5/c1-4-6-5-10(6,9(13)15-3)7(11)8(12)14-2/h4,6H,1,5H2,2-3H3/t6-,10+/m0/s1. The second-order valence-electron chi connectivity index (χ2n) is 3.33. The largest absolute Gasteiger partial charge is 0.468 e. The maximum atomic E-state index is 11.6. The number of methoxy groups -OCH3 is 2. The van der Waals surface area contributed by atoms with Crippen molar-refractivity contribution in [3.05, 3.63) is 12.7 Å². The lowest BCUT2D eigenvalue weighted by Gasteiger charge is -2.10. The summed E-state index contributed by atoms with van der Waals surface area (Å²) in [5.41, 5.74) is -1.39. The molecule has 2 atom stereocenters. The number of ketones is 1. The van der Waals surface area contributed by atoms with E-state index in [1.165, 1.54) is 13.2 Å². The number of carbonyl (C=O) groups is 3. The molecule has 5 heteroatoms. The van der Waals surface area contributed by atoms with Crippen LogP contribution in [0.5, 0.6) is 0 Å². The topological polar surface area (TPSA) is 69.7 Å². The second kappa shape index (κ2) is 3.84. The Hall–Kier alpha value is -1.65. The predicted octanol–water partition coefficient (Wildman–Crippen LogP) is 0.0938. The van der Waals surface area contributed by atoms with Crippen LogP contribution in [0, 0.1) is 11.3 Å². The van der Waals surface area contributed by atoms with E-state index < -0.39 is 23.1 Å². The van der Waals surface area contributed by atoms with Gasteiger partial charge in [-0.3, -0.25) is 9.59 Å². The van der Waals surface area contributed by atoms with Crippen LogP contribution in [0.15, 0.2) is 12.7 Å². The highest BCUT2D eigenvalue weighted by atomic mass is 16.5. The minimum Gasteiger partial charge on any atom is -0.468 e. The Morgan fingerprint density at radius 2 is 1.93 bits per heavy atom. The maximum Gasteiger partial charge on any atom is 0.375 e. The van der Waals surface area contributed by atoms with E-state index in [4.69, 9.17) is 0 Å².